The summed E-state index contributed by atoms with van der Waals surface area (Å²) in [6.07, 6.45) is 4.80. The molecule has 3 aromatic rings. The van der Waals surface area contributed by atoms with Crippen molar-refractivity contribution in [2.45, 2.75) is 51.7 Å². The van der Waals surface area contributed by atoms with Gasteiger partial charge in [-0.15, -0.1) is 5.10 Å². The number of benzene rings is 1. The summed E-state index contributed by atoms with van der Waals surface area (Å²) in [7, 11) is 1.80. The molecule has 1 aliphatic heterocycles. The van der Waals surface area contributed by atoms with Crippen molar-refractivity contribution in [3.05, 3.63) is 59.9 Å². The van der Waals surface area contributed by atoms with Gasteiger partial charge < -0.3 is 14.7 Å². The Labute approximate surface area is 228 Å². The fourth-order valence-corrected chi connectivity index (χ4v) is 4.37. The molecule has 1 aromatic carbocycles. The molecule has 2 aromatic heterocycles. The van der Waals surface area contributed by atoms with Crippen LogP contribution in [0.15, 0.2) is 48.8 Å². The summed E-state index contributed by atoms with van der Waals surface area (Å²) >= 11 is 0. The Morgan fingerprint density at radius 1 is 1.21 bits per heavy atom. The van der Waals surface area contributed by atoms with Crippen LogP contribution in [-0.2, 0) is 11.8 Å². The van der Waals surface area contributed by atoms with E-state index >= 15 is 0 Å². The lowest BCUT2D eigenvalue weighted by Gasteiger charge is -2.39. The van der Waals surface area contributed by atoms with Gasteiger partial charge in [-0.05, 0) is 57.9 Å². The number of rotatable bonds is 5. The first-order chi connectivity index (χ1) is 18.6. The van der Waals surface area contributed by atoms with Crippen molar-refractivity contribution in [1.29, 1.82) is 0 Å². The van der Waals surface area contributed by atoms with Crippen molar-refractivity contribution in [3.8, 4) is 23.1 Å². The molecule has 2 amide bonds. The monoisotopic (exact) mass is 530 g/mol. The number of pyridine rings is 1. The minimum absolute atomic E-state index is 0.0251. The number of carbonyl (C=O) groups excluding carboxylic acids is 2. The Kier molecular flexibility index (Phi) is 8.62. The molecule has 10 heteroatoms. The van der Waals surface area contributed by atoms with Crippen molar-refractivity contribution in [3.63, 3.8) is 0 Å². The lowest BCUT2D eigenvalue weighted by atomic mass is 10.0. The van der Waals surface area contributed by atoms with E-state index in [9.17, 15) is 9.59 Å². The Hall–Kier alpha value is -4.23. The van der Waals surface area contributed by atoms with Crippen LogP contribution in [-0.4, -0.2) is 73.3 Å². The third kappa shape index (κ3) is 7.21. The molecule has 39 heavy (non-hydrogen) atoms. The van der Waals surface area contributed by atoms with E-state index < -0.39 is 11.7 Å². The average Bonchev–Trinajstić information content (AvgIpc) is 3.35. The van der Waals surface area contributed by atoms with E-state index in [2.05, 4.69) is 27.1 Å². The zero-order valence-corrected chi connectivity index (χ0v) is 22.8. The van der Waals surface area contributed by atoms with Crippen LogP contribution in [0.5, 0.6) is 0 Å². The van der Waals surface area contributed by atoms with Crippen molar-refractivity contribution >= 4 is 17.8 Å². The van der Waals surface area contributed by atoms with Crippen molar-refractivity contribution in [1.82, 2.24) is 24.9 Å². The normalized spacial score (nSPS) is 15.3. The lowest BCUT2D eigenvalue weighted by molar-refractivity contribution is 0.0196. The Morgan fingerprint density at radius 3 is 2.64 bits per heavy atom. The number of piperidine rings is 1. The SMILES string of the molecule is Cn1cc(-c2ccc(C(=O)N(c3cc(C#CCCO)ccn3)[C@@H]3CCCN(C(=O)OC(C)(C)C)C3)cc2)nn1. The zero-order chi connectivity index (χ0) is 28.0. The number of aliphatic hydroxyl groups is 1. The van der Waals surface area contributed by atoms with Gasteiger partial charge in [0.15, 0.2) is 0 Å². The molecule has 0 radical (unpaired) electrons. The zero-order valence-electron chi connectivity index (χ0n) is 22.8. The Morgan fingerprint density at radius 2 is 1.97 bits per heavy atom. The summed E-state index contributed by atoms with van der Waals surface area (Å²) in [5.41, 5.74) is 2.11. The fraction of sp³-hybridized carbons (Fsp3) is 0.414. The summed E-state index contributed by atoms with van der Waals surface area (Å²) in [5, 5.41) is 17.2. The summed E-state index contributed by atoms with van der Waals surface area (Å²) < 4.78 is 7.23. The molecule has 0 bridgehead atoms. The van der Waals surface area contributed by atoms with Crippen LogP contribution in [0.4, 0.5) is 10.6 Å². The molecule has 1 fully saturated rings. The third-order valence-electron chi connectivity index (χ3n) is 6.12. The molecule has 3 heterocycles. The van der Waals surface area contributed by atoms with E-state index in [1.54, 1.807) is 52.0 Å². The highest BCUT2D eigenvalue weighted by Gasteiger charge is 2.34. The maximum absolute atomic E-state index is 14.0. The predicted octanol–water partition coefficient (Wildman–Crippen LogP) is 3.66. The number of aliphatic hydroxyl groups excluding tert-OH is 1. The number of ether oxygens (including phenoxy) is 1. The third-order valence-corrected chi connectivity index (χ3v) is 6.12. The van der Waals surface area contributed by atoms with Gasteiger partial charge in [0.25, 0.3) is 5.91 Å². The van der Waals surface area contributed by atoms with E-state index in [1.165, 1.54) is 0 Å². The summed E-state index contributed by atoms with van der Waals surface area (Å²) in [5.74, 6) is 6.14. The predicted molar refractivity (Wildman–Crippen MR) is 147 cm³/mol. The fourth-order valence-electron chi connectivity index (χ4n) is 4.37. The molecule has 0 spiro atoms. The number of likely N-dealkylation sites (tertiary alicyclic amines) is 1. The second-order valence-corrected chi connectivity index (χ2v) is 10.4. The summed E-state index contributed by atoms with van der Waals surface area (Å²) in [4.78, 5) is 34.7. The number of aromatic nitrogens is 4. The Bertz CT molecular complexity index is 1370. The lowest BCUT2D eigenvalue weighted by Crippen LogP contribution is -2.53. The van der Waals surface area contributed by atoms with E-state index in [4.69, 9.17) is 9.84 Å². The average molecular weight is 531 g/mol. The Balaban J connectivity index is 1.66. The minimum atomic E-state index is -0.618. The van der Waals surface area contributed by atoms with Crippen molar-refractivity contribution < 1.29 is 19.4 Å². The van der Waals surface area contributed by atoms with E-state index in [0.29, 0.717) is 48.6 Å². The van der Waals surface area contributed by atoms with Crippen LogP contribution in [0.1, 0.15) is 56.0 Å². The molecule has 1 saturated heterocycles. The van der Waals surface area contributed by atoms with Crippen LogP contribution in [0.2, 0.25) is 0 Å². The molecule has 1 atom stereocenters. The number of nitrogens with zero attached hydrogens (tertiary/aromatic N) is 6. The molecule has 1 aliphatic rings. The maximum Gasteiger partial charge on any atom is 0.410 e. The highest BCUT2D eigenvalue weighted by molar-refractivity contribution is 6.06. The number of hydrogen-bond donors (Lipinski definition) is 1. The molecular weight excluding hydrogens is 496 g/mol. The van der Waals surface area contributed by atoms with Crippen LogP contribution in [0.3, 0.4) is 0 Å². The number of amides is 2. The van der Waals surface area contributed by atoms with Crippen molar-refractivity contribution in [2.75, 3.05) is 24.6 Å². The first-order valence-electron chi connectivity index (χ1n) is 13.0. The van der Waals surface area contributed by atoms with Gasteiger partial charge in [0.2, 0.25) is 0 Å². The smallest absolute Gasteiger partial charge is 0.410 e. The van der Waals surface area contributed by atoms with Gasteiger partial charge in [0.1, 0.15) is 17.1 Å². The number of hydrogen-bond acceptors (Lipinski definition) is 7. The van der Waals surface area contributed by atoms with E-state index in [-0.39, 0.29) is 18.6 Å². The second kappa shape index (κ2) is 12.1. The van der Waals surface area contributed by atoms with Crippen LogP contribution in [0, 0.1) is 11.8 Å². The molecule has 1 N–H and O–H groups in total. The van der Waals surface area contributed by atoms with Gasteiger partial charge in [0, 0.05) is 49.4 Å². The van der Waals surface area contributed by atoms with Crippen LogP contribution in [0.25, 0.3) is 11.3 Å². The molecular formula is C29H34N6O4. The van der Waals surface area contributed by atoms with Crippen LogP contribution >= 0.6 is 0 Å². The highest BCUT2D eigenvalue weighted by atomic mass is 16.6. The number of anilines is 1. The number of carbonyl (C=O) groups is 2. The van der Waals surface area contributed by atoms with Gasteiger partial charge in [0.05, 0.1) is 18.8 Å². The van der Waals surface area contributed by atoms with Gasteiger partial charge in [-0.25, -0.2) is 9.78 Å². The minimum Gasteiger partial charge on any atom is -0.444 e. The van der Waals surface area contributed by atoms with Gasteiger partial charge in [-0.1, -0.05) is 29.2 Å². The van der Waals surface area contributed by atoms with Gasteiger partial charge >= 0.3 is 6.09 Å². The molecule has 0 unspecified atom stereocenters. The number of aryl methyl sites for hydroxylation is 1. The van der Waals surface area contributed by atoms with Gasteiger partial charge in [-0.2, -0.15) is 0 Å². The van der Waals surface area contributed by atoms with Crippen LogP contribution < -0.4 is 4.90 Å². The van der Waals surface area contributed by atoms with E-state index in [1.807, 2.05) is 39.1 Å². The molecule has 10 nitrogen and oxygen atoms in total. The molecule has 4 rings (SSSR count). The standard InChI is InChI=1S/C29H34N6O4/c1-29(2,3)39-28(38)34-16-7-9-24(19-34)35(26-18-21(14-15-30-26)8-5-6-17-36)27(37)23-12-10-22(11-13-23)25-20-33(4)32-31-25/h10-15,18,20,24,36H,6-7,9,16-17,19H2,1-4H3/t24-/m1/s1. The summed E-state index contributed by atoms with van der Waals surface area (Å²) in [6, 6.07) is 10.4. The topological polar surface area (TPSA) is 114 Å². The largest absolute Gasteiger partial charge is 0.444 e. The highest BCUT2D eigenvalue weighted by Crippen LogP contribution is 2.26. The molecule has 0 aliphatic carbocycles. The van der Waals surface area contributed by atoms with Crippen molar-refractivity contribution in [2.24, 2.45) is 7.05 Å². The molecule has 0 saturated carbocycles. The summed E-state index contributed by atoms with van der Waals surface area (Å²) in [6.45, 7) is 6.35. The first-order valence-corrected chi connectivity index (χ1v) is 13.0. The molecule has 204 valence electrons. The maximum atomic E-state index is 14.0. The quantitative estimate of drug-likeness (QED) is 0.501. The van der Waals surface area contributed by atoms with E-state index in [0.717, 1.165) is 12.0 Å². The first kappa shape index (κ1) is 27.8. The van der Waals surface area contributed by atoms with Gasteiger partial charge in [-0.3, -0.25) is 14.4 Å². The second-order valence-electron chi connectivity index (χ2n) is 10.4.